The number of aromatic hydroxyl groups is 1. The highest BCUT2D eigenvalue weighted by Crippen LogP contribution is 2.40. The zero-order valence-electron chi connectivity index (χ0n) is 17.5. The number of hydrogen-bond donors (Lipinski definition) is 1. The highest BCUT2D eigenvalue weighted by atomic mass is 35.5. The molecule has 0 bridgehead atoms. The van der Waals surface area contributed by atoms with E-state index in [2.05, 4.69) is 59.7 Å². The van der Waals surface area contributed by atoms with Gasteiger partial charge in [-0.1, -0.05) is 83.5 Å². The maximum absolute atomic E-state index is 10.8. The molecule has 0 aliphatic rings. The van der Waals surface area contributed by atoms with Crippen LogP contribution < -0.4 is 0 Å². The van der Waals surface area contributed by atoms with Crippen molar-refractivity contribution in [3.8, 4) is 5.75 Å². The van der Waals surface area contributed by atoms with Gasteiger partial charge in [-0.3, -0.25) is 0 Å². The molecule has 0 saturated heterocycles. The third-order valence-electron chi connectivity index (χ3n) is 4.76. The fourth-order valence-corrected chi connectivity index (χ4v) is 4.40. The van der Waals surface area contributed by atoms with E-state index >= 15 is 0 Å². The first-order valence-corrected chi connectivity index (χ1v) is 11.2. The first-order valence-electron chi connectivity index (χ1n) is 9.68. The van der Waals surface area contributed by atoms with Crippen LogP contribution in [-0.2, 0) is 23.0 Å². The largest absolute Gasteiger partial charge is 0.507 e. The summed E-state index contributed by atoms with van der Waals surface area (Å²) < 4.78 is 0. The summed E-state index contributed by atoms with van der Waals surface area (Å²) in [6.45, 7) is 13.0. The van der Waals surface area contributed by atoms with Crippen molar-refractivity contribution in [2.75, 3.05) is 5.75 Å². The quantitative estimate of drug-likeness (QED) is 0.502. The van der Waals surface area contributed by atoms with Crippen LogP contribution in [0.25, 0.3) is 0 Å². The minimum Gasteiger partial charge on any atom is -0.507 e. The Morgan fingerprint density at radius 2 is 1.48 bits per heavy atom. The topological polar surface area (TPSA) is 20.2 Å². The van der Waals surface area contributed by atoms with E-state index < -0.39 is 0 Å². The van der Waals surface area contributed by atoms with Crippen molar-refractivity contribution in [1.29, 1.82) is 0 Å². The number of hydrogen-bond acceptors (Lipinski definition) is 2. The summed E-state index contributed by atoms with van der Waals surface area (Å²) in [5.41, 5.74) is 4.49. The van der Waals surface area contributed by atoms with Gasteiger partial charge in [0.2, 0.25) is 0 Å². The monoisotopic (exact) mass is 404 g/mol. The van der Waals surface area contributed by atoms with Crippen LogP contribution in [-0.4, -0.2) is 10.9 Å². The van der Waals surface area contributed by atoms with Crippen molar-refractivity contribution in [1.82, 2.24) is 0 Å². The normalized spacial score (nSPS) is 12.4. The maximum Gasteiger partial charge on any atom is 0.123 e. The lowest BCUT2D eigenvalue weighted by Gasteiger charge is -2.28. The van der Waals surface area contributed by atoms with E-state index in [1.54, 1.807) is 0 Å². The molecule has 0 spiro atoms. The Morgan fingerprint density at radius 3 is 2.00 bits per heavy atom. The van der Waals surface area contributed by atoms with Gasteiger partial charge in [0.25, 0.3) is 0 Å². The molecule has 2 aromatic rings. The fourth-order valence-electron chi connectivity index (χ4n) is 3.16. The molecule has 3 heteroatoms. The molecule has 2 rings (SSSR count). The molecule has 0 aliphatic heterocycles. The van der Waals surface area contributed by atoms with Gasteiger partial charge < -0.3 is 5.11 Å². The molecule has 0 unspecified atom stereocenters. The summed E-state index contributed by atoms with van der Waals surface area (Å²) in [6.07, 6.45) is 2.15. The van der Waals surface area contributed by atoms with Crippen LogP contribution in [0.1, 0.15) is 70.2 Å². The summed E-state index contributed by atoms with van der Waals surface area (Å²) >= 11 is 8.16. The standard InChI is InChI=1S/C24H33ClOS/c1-23(2,3)19-14-17(15-20(22(19)26)24(4,5)6)10-9-13-27-16-18-11-7-8-12-21(18)25/h7-8,11-12,14-15,26H,9-10,13,16H2,1-6H3. The first kappa shape index (κ1) is 22.2. The van der Waals surface area contributed by atoms with Crippen molar-refractivity contribution in [3.05, 3.63) is 63.7 Å². The third kappa shape index (κ3) is 6.19. The van der Waals surface area contributed by atoms with Gasteiger partial charge in [0, 0.05) is 10.8 Å². The molecule has 0 saturated carbocycles. The van der Waals surface area contributed by atoms with E-state index in [-0.39, 0.29) is 10.8 Å². The zero-order chi connectivity index (χ0) is 20.2. The molecule has 27 heavy (non-hydrogen) atoms. The molecule has 1 N–H and O–H groups in total. The molecule has 1 nitrogen and oxygen atoms in total. The number of thioether (sulfide) groups is 1. The van der Waals surface area contributed by atoms with Gasteiger partial charge in [-0.2, -0.15) is 11.8 Å². The SMILES string of the molecule is CC(C)(C)c1cc(CCCSCc2ccccc2Cl)cc(C(C)(C)C)c1O. The molecule has 0 aliphatic carbocycles. The second kappa shape index (κ2) is 8.92. The Kier molecular flexibility index (Phi) is 7.33. The molecule has 0 amide bonds. The number of aryl methyl sites for hydroxylation is 1. The van der Waals surface area contributed by atoms with Crippen molar-refractivity contribution in [2.45, 2.75) is 71.0 Å². The highest BCUT2D eigenvalue weighted by Gasteiger charge is 2.26. The van der Waals surface area contributed by atoms with E-state index in [4.69, 9.17) is 11.6 Å². The van der Waals surface area contributed by atoms with Crippen molar-refractivity contribution < 1.29 is 5.11 Å². The van der Waals surface area contributed by atoms with Crippen molar-refractivity contribution in [3.63, 3.8) is 0 Å². The van der Waals surface area contributed by atoms with E-state index in [9.17, 15) is 5.11 Å². The Balaban J connectivity index is 2.04. The van der Waals surface area contributed by atoms with Crippen LogP contribution in [0.3, 0.4) is 0 Å². The van der Waals surface area contributed by atoms with Gasteiger partial charge >= 0.3 is 0 Å². The van der Waals surface area contributed by atoms with E-state index in [0.29, 0.717) is 5.75 Å². The number of phenolic OH excluding ortho intramolecular Hbond substituents is 1. The van der Waals surface area contributed by atoms with Crippen LogP contribution in [0.5, 0.6) is 5.75 Å². The van der Waals surface area contributed by atoms with Crippen LogP contribution in [0.4, 0.5) is 0 Å². The molecular weight excluding hydrogens is 372 g/mol. The molecule has 0 aromatic heterocycles. The third-order valence-corrected chi connectivity index (χ3v) is 6.22. The minimum atomic E-state index is -0.0705. The van der Waals surface area contributed by atoms with Gasteiger partial charge in [0.1, 0.15) is 5.75 Å². The number of phenols is 1. The van der Waals surface area contributed by atoms with E-state index in [0.717, 1.165) is 40.5 Å². The average molecular weight is 405 g/mol. The molecule has 0 atom stereocenters. The lowest BCUT2D eigenvalue weighted by Crippen LogP contribution is -2.18. The summed E-state index contributed by atoms with van der Waals surface area (Å²) in [6, 6.07) is 12.5. The predicted molar refractivity (Wildman–Crippen MR) is 121 cm³/mol. The van der Waals surface area contributed by atoms with Gasteiger partial charge in [-0.15, -0.1) is 0 Å². The Hall–Kier alpha value is -1.12. The van der Waals surface area contributed by atoms with Crippen LogP contribution in [0.2, 0.25) is 5.02 Å². The molecule has 0 fully saturated rings. The summed E-state index contributed by atoms with van der Waals surface area (Å²) in [5.74, 6) is 2.52. The summed E-state index contributed by atoms with van der Waals surface area (Å²) in [5, 5.41) is 11.7. The van der Waals surface area contributed by atoms with E-state index in [1.807, 2.05) is 30.0 Å². The summed E-state index contributed by atoms with van der Waals surface area (Å²) in [4.78, 5) is 0. The van der Waals surface area contributed by atoms with Crippen LogP contribution >= 0.6 is 23.4 Å². The molecule has 148 valence electrons. The number of benzene rings is 2. The van der Waals surface area contributed by atoms with Crippen molar-refractivity contribution in [2.24, 2.45) is 0 Å². The van der Waals surface area contributed by atoms with Gasteiger partial charge in [-0.05, 0) is 57.7 Å². The minimum absolute atomic E-state index is 0.0705. The lowest BCUT2D eigenvalue weighted by molar-refractivity contribution is 0.422. The van der Waals surface area contributed by atoms with Crippen LogP contribution in [0.15, 0.2) is 36.4 Å². The summed E-state index contributed by atoms with van der Waals surface area (Å²) in [7, 11) is 0. The second-order valence-electron chi connectivity index (χ2n) is 9.29. The Morgan fingerprint density at radius 1 is 0.926 bits per heavy atom. The van der Waals surface area contributed by atoms with Gasteiger partial charge in [0.05, 0.1) is 0 Å². The molecular formula is C24H33ClOS. The lowest BCUT2D eigenvalue weighted by atomic mass is 9.78. The van der Waals surface area contributed by atoms with Gasteiger partial charge in [-0.25, -0.2) is 0 Å². The van der Waals surface area contributed by atoms with Crippen molar-refractivity contribution >= 4 is 23.4 Å². The van der Waals surface area contributed by atoms with Gasteiger partial charge in [0.15, 0.2) is 0 Å². The van der Waals surface area contributed by atoms with Crippen LogP contribution in [0, 0.1) is 0 Å². The number of halogens is 1. The Bertz CT molecular complexity index is 734. The second-order valence-corrected chi connectivity index (χ2v) is 10.8. The average Bonchev–Trinajstić information content (AvgIpc) is 2.55. The highest BCUT2D eigenvalue weighted by molar-refractivity contribution is 7.98. The Labute approximate surface area is 174 Å². The predicted octanol–water partition coefficient (Wildman–Crippen LogP) is 7.51. The first-order chi connectivity index (χ1) is 12.5. The number of rotatable bonds is 6. The molecule has 0 radical (unpaired) electrons. The zero-order valence-corrected chi connectivity index (χ0v) is 19.1. The smallest absolute Gasteiger partial charge is 0.123 e. The molecule has 0 heterocycles. The maximum atomic E-state index is 10.8. The van der Waals surface area contributed by atoms with E-state index in [1.165, 1.54) is 11.1 Å². The fraction of sp³-hybridized carbons (Fsp3) is 0.500. The molecule has 2 aromatic carbocycles.